The molecule has 0 unspecified atom stereocenters. The van der Waals surface area contributed by atoms with E-state index in [4.69, 9.17) is 5.11 Å². The highest BCUT2D eigenvalue weighted by atomic mass is 19.4. The molecule has 1 N–H and O–H groups in total. The molecule has 4 nitrogen and oxygen atoms in total. The number of halogens is 3. The van der Waals surface area contributed by atoms with E-state index >= 15 is 0 Å². The molecule has 0 aromatic carbocycles. The molecule has 0 aromatic rings. The molecule has 1 saturated heterocycles. The first-order chi connectivity index (χ1) is 8.26. The molecule has 2 fully saturated rings. The lowest BCUT2D eigenvalue weighted by molar-refractivity contribution is -0.201. The van der Waals surface area contributed by atoms with Gasteiger partial charge in [-0.3, -0.25) is 9.59 Å². The smallest absolute Gasteiger partial charge is 0.471 e. The molecule has 1 aliphatic carbocycles. The Morgan fingerprint density at radius 3 is 2.33 bits per heavy atom. The fourth-order valence-electron chi connectivity index (χ4n) is 3.02. The van der Waals surface area contributed by atoms with E-state index in [0.717, 1.165) is 11.3 Å². The first kappa shape index (κ1) is 13.2. The van der Waals surface area contributed by atoms with E-state index in [2.05, 4.69) is 0 Å². The summed E-state index contributed by atoms with van der Waals surface area (Å²) in [7, 11) is 0. The van der Waals surface area contributed by atoms with Crippen LogP contribution in [0.5, 0.6) is 0 Å². The van der Waals surface area contributed by atoms with E-state index in [1.165, 1.54) is 0 Å². The number of alkyl halides is 3. The number of carbonyl (C=O) groups is 2. The SMILES string of the molecule is O=C(O)C1CC2(CCCCN2C(=O)C(F)(F)F)C1. The fourth-order valence-corrected chi connectivity index (χ4v) is 3.02. The number of carboxylic acid groups (broad SMARTS) is 1. The van der Waals surface area contributed by atoms with Gasteiger partial charge in [0.05, 0.1) is 5.92 Å². The number of hydrogen-bond acceptors (Lipinski definition) is 2. The van der Waals surface area contributed by atoms with Crippen LogP contribution in [0.3, 0.4) is 0 Å². The molecule has 0 aromatic heterocycles. The molecule has 0 atom stereocenters. The first-order valence-corrected chi connectivity index (χ1v) is 5.88. The van der Waals surface area contributed by atoms with E-state index in [-0.39, 0.29) is 19.4 Å². The summed E-state index contributed by atoms with van der Waals surface area (Å²) in [4.78, 5) is 23.0. The largest absolute Gasteiger partial charge is 0.481 e. The topological polar surface area (TPSA) is 57.6 Å². The van der Waals surface area contributed by atoms with Crippen LogP contribution in [0.1, 0.15) is 32.1 Å². The quantitative estimate of drug-likeness (QED) is 0.786. The number of likely N-dealkylation sites (tertiary alicyclic amines) is 1. The summed E-state index contributed by atoms with van der Waals surface area (Å²) in [6, 6.07) is 0. The van der Waals surface area contributed by atoms with E-state index in [1.807, 2.05) is 0 Å². The zero-order valence-corrected chi connectivity index (χ0v) is 9.66. The zero-order valence-electron chi connectivity index (χ0n) is 9.66. The Kier molecular flexibility index (Phi) is 3.03. The lowest BCUT2D eigenvalue weighted by Gasteiger charge is -2.55. The van der Waals surface area contributed by atoms with E-state index in [9.17, 15) is 22.8 Å². The van der Waals surface area contributed by atoms with Crippen molar-refractivity contribution in [1.29, 1.82) is 0 Å². The molecular formula is C11H14F3NO3. The van der Waals surface area contributed by atoms with Crippen LogP contribution in [0, 0.1) is 5.92 Å². The lowest BCUT2D eigenvalue weighted by atomic mass is 9.63. The van der Waals surface area contributed by atoms with Crippen molar-refractivity contribution in [1.82, 2.24) is 4.90 Å². The second kappa shape index (κ2) is 4.13. The number of carbonyl (C=O) groups excluding carboxylic acids is 1. The van der Waals surface area contributed by atoms with Gasteiger partial charge < -0.3 is 10.0 Å². The van der Waals surface area contributed by atoms with Gasteiger partial charge in [-0.25, -0.2) is 0 Å². The number of rotatable bonds is 1. The van der Waals surface area contributed by atoms with Crippen LogP contribution in [0.25, 0.3) is 0 Å². The van der Waals surface area contributed by atoms with E-state index in [1.54, 1.807) is 0 Å². The van der Waals surface area contributed by atoms with Crippen molar-refractivity contribution in [3.8, 4) is 0 Å². The van der Waals surface area contributed by atoms with Crippen LogP contribution in [0.2, 0.25) is 0 Å². The van der Waals surface area contributed by atoms with Gasteiger partial charge in [-0.2, -0.15) is 13.2 Å². The molecule has 7 heteroatoms. The summed E-state index contributed by atoms with van der Waals surface area (Å²) >= 11 is 0. The molecule has 1 spiro atoms. The third-order valence-electron chi connectivity index (χ3n) is 3.94. The third kappa shape index (κ3) is 2.06. The minimum absolute atomic E-state index is 0.0741. The van der Waals surface area contributed by atoms with Crippen molar-refractivity contribution < 1.29 is 27.9 Å². The molecule has 0 bridgehead atoms. The Morgan fingerprint density at radius 1 is 1.22 bits per heavy atom. The summed E-state index contributed by atoms with van der Waals surface area (Å²) in [5.74, 6) is -3.44. The van der Waals surface area contributed by atoms with Crippen molar-refractivity contribution in [3.05, 3.63) is 0 Å². The number of hydrogen-bond donors (Lipinski definition) is 1. The van der Waals surface area contributed by atoms with Gasteiger partial charge in [-0.1, -0.05) is 0 Å². The number of aliphatic carboxylic acids is 1. The molecule has 18 heavy (non-hydrogen) atoms. The molecule has 2 aliphatic rings. The van der Waals surface area contributed by atoms with Crippen LogP contribution in [0.15, 0.2) is 0 Å². The van der Waals surface area contributed by atoms with E-state index in [0.29, 0.717) is 12.8 Å². The van der Waals surface area contributed by atoms with Crippen molar-refractivity contribution in [2.45, 2.75) is 43.8 Å². The minimum Gasteiger partial charge on any atom is -0.481 e. The zero-order chi connectivity index (χ0) is 13.6. The summed E-state index contributed by atoms with van der Waals surface area (Å²) < 4.78 is 37.5. The minimum atomic E-state index is -4.88. The van der Waals surface area contributed by atoms with Crippen LogP contribution < -0.4 is 0 Å². The van der Waals surface area contributed by atoms with Crippen LogP contribution in [-0.2, 0) is 9.59 Å². The van der Waals surface area contributed by atoms with Gasteiger partial charge in [0.15, 0.2) is 0 Å². The number of nitrogens with zero attached hydrogens (tertiary/aromatic N) is 1. The van der Waals surface area contributed by atoms with Gasteiger partial charge >= 0.3 is 18.1 Å². The van der Waals surface area contributed by atoms with Gasteiger partial charge in [0.25, 0.3) is 0 Å². The van der Waals surface area contributed by atoms with Crippen LogP contribution in [0.4, 0.5) is 13.2 Å². The molecular weight excluding hydrogens is 251 g/mol. The highest BCUT2D eigenvalue weighted by molar-refractivity contribution is 5.83. The summed E-state index contributed by atoms with van der Waals surface area (Å²) in [6.07, 6.45) is -2.83. The molecule has 1 heterocycles. The van der Waals surface area contributed by atoms with Gasteiger partial charge in [0.1, 0.15) is 0 Å². The van der Waals surface area contributed by atoms with Gasteiger partial charge in [-0.15, -0.1) is 0 Å². The number of carboxylic acids is 1. The highest BCUT2D eigenvalue weighted by Gasteiger charge is 2.57. The normalized spacial score (nSPS) is 32.2. The van der Waals surface area contributed by atoms with Crippen LogP contribution >= 0.6 is 0 Å². The van der Waals surface area contributed by atoms with Crippen molar-refractivity contribution in [2.24, 2.45) is 5.92 Å². The molecule has 102 valence electrons. The fraction of sp³-hybridized carbons (Fsp3) is 0.818. The number of amides is 1. The highest BCUT2D eigenvalue weighted by Crippen LogP contribution is 2.49. The number of piperidine rings is 1. The predicted octanol–water partition coefficient (Wildman–Crippen LogP) is 1.79. The maximum atomic E-state index is 12.5. The molecule has 1 amide bonds. The maximum Gasteiger partial charge on any atom is 0.471 e. The summed E-state index contributed by atoms with van der Waals surface area (Å²) in [5.41, 5.74) is -0.867. The molecule has 2 rings (SSSR count). The Morgan fingerprint density at radius 2 is 1.83 bits per heavy atom. The van der Waals surface area contributed by atoms with Gasteiger partial charge in [0.2, 0.25) is 0 Å². The molecule has 1 saturated carbocycles. The Hall–Kier alpha value is -1.27. The molecule has 0 radical (unpaired) electrons. The van der Waals surface area contributed by atoms with Crippen LogP contribution in [-0.4, -0.2) is 40.1 Å². The second-order valence-corrected chi connectivity index (χ2v) is 5.08. The Bertz CT molecular complexity index is 374. The average Bonchev–Trinajstić information content (AvgIpc) is 2.23. The predicted molar refractivity (Wildman–Crippen MR) is 54.7 cm³/mol. The van der Waals surface area contributed by atoms with Crippen molar-refractivity contribution in [2.75, 3.05) is 6.54 Å². The lowest BCUT2D eigenvalue weighted by Crippen LogP contribution is -2.64. The third-order valence-corrected chi connectivity index (χ3v) is 3.94. The monoisotopic (exact) mass is 265 g/mol. The van der Waals surface area contributed by atoms with Crippen molar-refractivity contribution >= 4 is 11.9 Å². The summed E-state index contributed by atoms with van der Waals surface area (Å²) in [6.45, 7) is 0.0741. The maximum absolute atomic E-state index is 12.5. The molecule has 1 aliphatic heterocycles. The second-order valence-electron chi connectivity index (χ2n) is 5.08. The standard InChI is InChI=1S/C11H14F3NO3/c12-11(13,14)9(18)15-4-2-1-3-10(15)5-7(6-10)8(16)17/h7H,1-6H2,(H,16,17). The van der Waals surface area contributed by atoms with Gasteiger partial charge in [0, 0.05) is 12.1 Å². The summed E-state index contributed by atoms with van der Waals surface area (Å²) in [5, 5.41) is 8.81. The van der Waals surface area contributed by atoms with Crippen molar-refractivity contribution in [3.63, 3.8) is 0 Å². The first-order valence-electron chi connectivity index (χ1n) is 5.88. The van der Waals surface area contributed by atoms with E-state index < -0.39 is 29.5 Å². The van der Waals surface area contributed by atoms with Gasteiger partial charge in [-0.05, 0) is 32.1 Å². The Labute approximate surface area is 102 Å². The average molecular weight is 265 g/mol. The Balaban J connectivity index is 2.14.